The van der Waals surface area contributed by atoms with Gasteiger partial charge in [0.15, 0.2) is 0 Å². The second kappa shape index (κ2) is 5.88. The number of fused-ring (bicyclic) bond motifs is 1. The van der Waals surface area contributed by atoms with Gasteiger partial charge >= 0.3 is 6.09 Å². The van der Waals surface area contributed by atoms with Crippen LogP contribution in [0.15, 0.2) is 18.7 Å². The van der Waals surface area contributed by atoms with Gasteiger partial charge in [-0.1, -0.05) is 12.7 Å². The Balaban J connectivity index is 2.13. The molecule has 0 aliphatic carbocycles. The van der Waals surface area contributed by atoms with Gasteiger partial charge in [0.25, 0.3) is 0 Å². The van der Waals surface area contributed by atoms with Crippen molar-refractivity contribution in [2.24, 2.45) is 0 Å². The summed E-state index contributed by atoms with van der Waals surface area (Å²) in [7, 11) is 0. The lowest BCUT2D eigenvalue weighted by Crippen LogP contribution is -2.38. The van der Waals surface area contributed by atoms with E-state index in [0.29, 0.717) is 31.5 Å². The molecule has 0 radical (unpaired) electrons. The highest BCUT2D eigenvalue weighted by molar-refractivity contribution is 5.68. The van der Waals surface area contributed by atoms with Crippen molar-refractivity contribution in [2.75, 3.05) is 13.1 Å². The Bertz CT molecular complexity index is 561. The van der Waals surface area contributed by atoms with Gasteiger partial charge in [-0.2, -0.15) is 0 Å². The molecule has 0 fully saturated rings. The molecule has 3 nitrogen and oxygen atoms in total. The molecule has 2 rings (SSSR count). The molecule has 21 heavy (non-hydrogen) atoms. The number of hydrogen-bond donors (Lipinski definition) is 0. The van der Waals surface area contributed by atoms with E-state index in [4.69, 9.17) is 4.74 Å². The minimum Gasteiger partial charge on any atom is -0.444 e. The zero-order valence-electron chi connectivity index (χ0n) is 12.9. The van der Waals surface area contributed by atoms with Crippen LogP contribution >= 0.6 is 0 Å². The van der Waals surface area contributed by atoms with E-state index in [-0.39, 0.29) is 11.9 Å². The van der Waals surface area contributed by atoms with Crippen LogP contribution < -0.4 is 0 Å². The number of hydrogen-bond acceptors (Lipinski definition) is 2. The van der Waals surface area contributed by atoms with Crippen molar-refractivity contribution in [1.29, 1.82) is 0 Å². The molecule has 0 N–H and O–H groups in total. The number of nitrogens with zero attached hydrogens (tertiary/aromatic N) is 1. The Labute approximate surface area is 125 Å². The van der Waals surface area contributed by atoms with Crippen LogP contribution in [0.3, 0.4) is 0 Å². The molecule has 114 valence electrons. The fourth-order valence-corrected chi connectivity index (χ4v) is 2.43. The van der Waals surface area contributed by atoms with Gasteiger partial charge in [-0.25, -0.2) is 9.18 Å². The van der Waals surface area contributed by atoms with E-state index < -0.39 is 5.60 Å². The Morgan fingerprint density at radius 1 is 1.29 bits per heavy atom. The number of rotatable bonds is 1. The molecule has 1 amide bonds. The predicted octanol–water partition coefficient (Wildman–Crippen LogP) is 3.80. The van der Waals surface area contributed by atoms with Crippen LogP contribution in [-0.2, 0) is 17.6 Å². The molecule has 0 bridgehead atoms. The lowest BCUT2D eigenvalue weighted by atomic mass is 9.99. The maximum absolute atomic E-state index is 13.8. The SMILES string of the molecule is C=Cc1cc2c(cc1F)CCN(C(=O)OC(C)(C)C)CC2. The second-order valence-electron chi connectivity index (χ2n) is 6.31. The van der Waals surface area contributed by atoms with Crippen molar-refractivity contribution in [3.05, 3.63) is 41.2 Å². The number of halogens is 1. The molecule has 4 heteroatoms. The lowest BCUT2D eigenvalue weighted by molar-refractivity contribution is 0.0258. The summed E-state index contributed by atoms with van der Waals surface area (Å²) < 4.78 is 19.2. The summed E-state index contributed by atoms with van der Waals surface area (Å²) in [5.74, 6) is -0.255. The van der Waals surface area contributed by atoms with E-state index in [2.05, 4.69) is 6.58 Å². The molecule has 0 unspecified atom stereocenters. The fraction of sp³-hybridized carbons (Fsp3) is 0.471. The third-order valence-electron chi connectivity index (χ3n) is 3.49. The largest absolute Gasteiger partial charge is 0.444 e. The first-order chi connectivity index (χ1) is 9.80. The Morgan fingerprint density at radius 3 is 2.38 bits per heavy atom. The minimum absolute atomic E-state index is 0.255. The van der Waals surface area contributed by atoms with E-state index in [1.165, 1.54) is 6.08 Å². The first kappa shape index (κ1) is 15.5. The van der Waals surface area contributed by atoms with E-state index in [1.807, 2.05) is 26.8 Å². The van der Waals surface area contributed by atoms with Crippen molar-refractivity contribution < 1.29 is 13.9 Å². The third kappa shape index (κ3) is 3.84. The molecule has 0 aromatic heterocycles. The molecule has 0 saturated heterocycles. The number of benzene rings is 1. The maximum atomic E-state index is 13.8. The van der Waals surface area contributed by atoms with Gasteiger partial charge in [-0.3, -0.25) is 0 Å². The highest BCUT2D eigenvalue weighted by Crippen LogP contribution is 2.22. The summed E-state index contributed by atoms with van der Waals surface area (Å²) in [6, 6.07) is 3.39. The Hall–Kier alpha value is -1.84. The molecule has 1 aromatic carbocycles. The van der Waals surface area contributed by atoms with Gasteiger partial charge in [0.1, 0.15) is 11.4 Å². The zero-order valence-corrected chi connectivity index (χ0v) is 12.9. The molecule has 1 aliphatic heterocycles. The van der Waals surface area contributed by atoms with Gasteiger partial charge in [-0.05, 0) is 56.9 Å². The van der Waals surface area contributed by atoms with Crippen molar-refractivity contribution in [3.63, 3.8) is 0 Å². The predicted molar refractivity (Wildman–Crippen MR) is 81.7 cm³/mol. The van der Waals surface area contributed by atoms with Crippen molar-refractivity contribution in [1.82, 2.24) is 4.90 Å². The van der Waals surface area contributed by atoms with Crippen molar-refractivity contribution in [3.8, 4) is 0 Å². The zero-order chi connectivity index (χ0) is 15.6. The summed E-state index contributed by atoms with van der Waals surface area (Å²) in [4.78, 5) is 13.8. The van der Waals surface area contributed by atoms with Gasteiger partial charge in [0.05, 0.1) is 0 Å². The molecule has 0 spiro atoms. The van der Waals surface area contributed by atoms with Gasteiger partial charge < -0.3 is 9.64 Å². The monoisotopic (exact) mass is 291 g/mol. The summed E-state index contributed by atoms with van der Waals surface area (Å²) in [6.07, 6.45) is 2.56. The minimum atomic E-state index is -0.502. The average Bonchev–Trinajstić information content (AvgIpc) is 2.57. The highest BCUT2D eigenvalue weighted by atomic mass is 19.1. The maximum Gasteiger partial charge on any atom is 0.410 e. The van der Waals surface area contributed by atoms with Crippen molar-refractivity contribution in [2.45, 2.75) is 39.2 Å². The average molecular weight is 291 g/mol. The smallest absolute Gasteiger partial charge is 0.410 e. The van der Waals surface area contributed by atoms with Crippen LogP contribution in [0.2, 0.25) is 0 Å². The van der Waals surface area contributed by atoms with Crippen LogP contribution in [0.1, 0.15) is 37.5 Å². The molecular formula is C17H22FNO2. The fourth-order valence-electron chi connectivity index (χ4n) is 2.43. The van der Waals surface area contributed by atoms with E-state index in [9.17, 15) is 9.18 Å². The number of amides is 1. The van der Waals surface area contributed by atoms with E-state index in [1.54, 1.807) is 11.0 Å². The number of carbonyl (C=O) groups is 1. The Morgan fingerprint density at radius 2 is 1.86 bits per heavy atom. The van der Waals surface area contributed by atoms with Gasteiger partial charge in [0.2, 0.25) is 0 Å². The quantitative estimate of drug-likeness (QED) is 0.787. The van der Waals surface area contributed by atoms with Crippen molar-refractivity contribution >= 4 is 12.2 Å². The normalized spacial score (nSPS) is 15.1. The first-order valence-electron chi connectivity index (χ1n) is 7.22. The topological polar surface area (TPSA) is 29.5 Å². The van der Waals surface area contributed by atoms with Gasteiger partial charge in [0, 0.05) is 18.7 Å². The lowest BCUT2D eigenvalue weighted by Gasteiger charge is -2.26. The number of carbonyl (C=O) groups excluding carboxylic acids is 1. The highest BCUT2D eigenvalue weighted by Gasteiger charge is 2.24. The van der Waals surface area contributed by atoms with Crippen LogP contribution in [0, 0.1) is 5.82 Å². The first-order valence-corrected chi connectivity index (χ1v) is 7.22. The van der Waals surface area contributed by atoms with Crippen LogP contribution in [0.5, 0.6) is 0 Å². The Kier molecular flexibility index (Phi) is 4.35. The molecule has 0 atom stereocenters. The van der Waals surface area contributed by atoms with Crippen LogP contribution in [0.25, 0.3) is 6.08 Å². The molecule has 1 aromatic rings. The number of ether oxygens (including phenoxy) is 1. The summed E-state index contributed by atoms with van der Waals surface area (Å²) >= 11 is 0. The summed E-state index contributed by atoms with van der Waals surface area (Å²) in [6.45, 7) is 10.3. The van der Waals surface area contributed by atoms with E-state index >= 15 is 0 Å². The van der Waals surface area contributed by atoms with E-state index in [0.717, 1.165) is 11.1 Å². The summed E-state index contributed by atoms with van der Waals surface area (Å²) in [5.41, 5.74) is 2.05. The third-order valence-corrected chi connectivity index (χ3v) is 3.49. The second-order valence-corrected chi connectivity index (χ2v) is 6.31. The van der Waals surface area contributed by atoms with Crippen LogP contribution in [0.4, 0.5) is 9.18 Å². The summed E-state index contributed by atoms with van der Waals surface area (Å²) in [5, 5.41) is 0. The molecular weight excluding hydrogens is 269 g/mol. The molecule has 0 saturated carbocycles. The molecule has 1 aliphatic rings. The van der Waals surface area contributed by atoms with Gasteiger partial charge in [-0.15, -0.1) is 0 Å². The molecule has 1 heterocycles. The standard InChI is InChI=1S/C17H22FNO2/c1-5-12-10-13-6-8-19(16(20)21-17(2,3)4)9-7-14(13)11-15(12)18/h5,10-11H,1,6-9H2,2-4H3. The van der Waals surface area contributed by atoms with Crippen LogP contribution in [-0.4, -0.2) is 29.7 Å².